The van der Waals surface area contributed by atoms with E-state index in [-0.39, 0.29) is 11.7 Å². The zero-order chi connectivity index (χ0) is 18.8. The van der Waals surface area contributed by atoms with E-state index < -0.39 is 0 Å². The van der Waals surface area contributed by atoms with E-state index in [0.29, 0.717) is 24.1 Å². The molecule has 2 aromatic carbocycles. The molecule has 0 fully saturated rings. The first-order chi connectivity index (χ1) is 13.1. The van der Waals surface area contributed by atoms with Crippen LogP contribution in [0.4, 0.5) is 10.1 Å². The first-order valence-electron chi connectivity index (χ1n) is 8.36. The molecule has 1 N–H and O–H groups in total. The number of carbonyl (C=O) groups excluding carboxylic acids is 1. The van der Waals surface area contributed by atoms with Crippen LogP contribution in [0.5, 0.6) is 0 Å². The number of benzene rings is 2. The van der Waals surface area contributed by atoms with Crippen molar-refractivity contribution in [2.75, 3.05) is 5.32 Å². The second kappa shape index (κ2) is 7.62. The van der Waals surface area contributed by atoms with Gasteiger partial charge in [0.05, 0.1) is 5.69 Å². The summed E-state index contributed by atoms with van der Waals surface area (Å²) in [4.78, 5) is 17.5. The first kappa shape index (κ1) is 17.9. The second-order valence-corrected chi connectivity index (χ2v) is 7.79. The van der Waals surface area contributed by atoms with Gasteiger partial charge >= 0.3 is 0 Å². The van der Waals surface area contributed by atoms with Crippen LogP contribution >= 0.6 is 27.3 Å². The lowest BCUT2D eigenvalue weighted by atomic mass is 10.1. The summed E-state index contributed by atoms with van der Waals surface area (Å²) >= 11 is 4.86. The van der Waals surface area contributed by atoms with Gasteiger partial charge in [0.2, 0.25) is 5.91 Å². The molecule has 136 valence electrons. The summed E-state index contributed by atoms with van der Waals surface area (Å²) in [5.74, 6) is -0.343. The number of hydrogen-bond donors (Lipinski definition) is 1. The molecule has 4 nitrogen and oxygen atoms in total. The van der Waals surface area contributed by atoms with E-state index in [0.717, 1.165) is 20.8 Å². The quantitative estimate of drug-likeness (QED) is 0.440. The molecule has 0 saturated carbocycles. The summed E-state index contributed by atoms with van der Waals surface area (Å²) in [5.41, 5.74) is 2.83. The molecular formula is C20H15BrFN3OS. The molecule has 0 spiro atoms. The highest BCUT2D eigenvalue weighted by molar-refractivity contribution is 9.10. The van der Waals surface area contributed by atoms with Gasteiger partial charge in [0.1, 0.15) is 5.82 Å². The Morgan fingerprint density at radius 2 is 1.96 bits per heavy atom. The van der Waals surface area contributed by atoms with Crippen molar-refractivity contribution in [2.45, 2.75) is 12.8 Å². The molecule has 0 aliphatic rings. The number of aromatic nitrogens is 2. The van der Waals surface area contributed by atoms with Crippen molar-refractivity contribution in [3.63, 3.8) is 0 Å². The zero-order valence-corrected chi connectivity index (χ0v) is 16.6. The van der Waals surface area contributed by atoms with Crippen molar-refractivity contribution in [2.24, 2.45) is 0 Å². The van der Waals surface area contributed by atoms with Crippen molar-refractivity contribution in [3.05, 3.63) is 76.1 Å². The highest BCUT2D eigenvalue weighted by Gasteiger charge is 2.13. The van der Waals surface area contributed by atoms with Crippen LogP contribution in [-0.4, -0.2) is 15.3 Å². The number of amides is 1. The van der Waals surface area contributed by atoms with Gasteiger partial charge in [-0.3, -0.25) is 9.20 Å². The fourth-order valence-corrected chi connectivity index (χ4v) is 3.98. The third-order valence-electron chi connectivity index (χ3n) is 4.17. The number of rotatable bonds is 5. The van der Waals surface area contributed by atoms with Gasteiger partial charge in [0.25, 0.3) is 0 Å². The van der Waals surface area contributed by atoms with Gasteiger partial charge in [-0.25, -0.2) is 9.37 Å². The SMILES string of the molecule is O=C(CCc1csc2nc(-c3ccccc3F)cn12)Nc1ccc(Br)cc1. The van der Waals surface area contributed by atoms with Crippen LogP contribution in [0.3, 0.4) is 0 Å². The lowest BCUT2D eigenvalue weighted by Crippen LogP contribution is -2.12. The lowest BCUT2D eigenvalue weighted by molar-refractivity contribution is -0.116. The van der Waals surface area contributed by atoms with Crippen LogP contribution in [-0.2, 0) is 11.2 Å². The third kappa shape index (κ3) is 3.94. The van der Waals surface area contributed by atoms with Crippen LogP contribution in [0.1, 0.15) is 12.1 Å². The van der Waals surface area contributed by atoms with Crippen LogP contribution < -0.4 is 5.32 Å². The average Bonchev–Trinajstić information content (AvgIpc) is 3.23. The van der Waals surface area contributed by atoms with E-state index >= 15 is 0 Å². The monoisotopic (exact) mass is 443 g/mol. The lowest BCUT2D eigenvalue weighted by Gasteiger charge is -2.05. The molecule has 1 amide bonds. The van der Waals surface area contributed by atoms with E-state index in [1.54, 1.807) is 18.2 Å². The number of halogens is 2. The van der Waals surface area contributed by atoms with Crippen molar-refractivity contribution in [1.82, 2.24) is 9.38 Å². The number of imidazole rings is 1. The van der Waals surface area contributed by atoms with E-state index in [1.807, 2.05) is 40.2 Å². The van der Waals surface area contributed by atoms with Gasteiger partial charge in [-0.1, -0.05) is 28.1 Å². The summed E-state index contributed by atoms with van der Waals surface area (Å²) < 4.78 is 16.9. The van der Waals surface area contributed by atoms with E-state index in [4.69, 9.17) is 0 Å². The molecule has 4 rings (SSSR count). The molecule has 0 unspecified atom stereocenters. The number of anilines is 1. The Bertz CT molecular complexity index is 1100. The predicted octanol–water partition coefficient (Wildman–Crippen LogP) is 5.54. The van der Waals surface area contributed by atoms with Crippen LogP contribution in [0.2, 0.25) is 0 Å². The number of hydrogen-bond acceptors (Lipinski definition) is 3. The Balaban J connectivity index is 1.47. The molecule has 27 heavy (non-hydrogen) atoms. The van der Waals surface area contributed by atoms with Gasteiger partial charge in [-0.05, 0) is 42.8 Å². The van der Waals surface area contributed by atoms with Crippen LogP contribution in [0.15, 0.2) is 64.6 Å². The van der Waals surface area contributed by atoms with E-state index in [9.17, 15) is 9.18 Å². The van der Waals surface area contributed by atoms with E-state index in [2.05, 4.69) is 26.2 Å². The highest BCUT2D eigenvalue weighted by atomic mass is 79.9. The molecule has 0 saturated heterocycles. The Morgan fingerprint density at radius 1 is 1.19 bits per heavy atom. The molecule has 2 heterocycles. The second-order valence-electron chi connectivity index (χ2n) is 6.04. The highest BCUT2D eigenvalue weighted by Crippen LogP contribution is 2.26. The van der Waals surface area contributed by atoms with Crippen LogP contribution in [0.25, 0.3) is 16.2 Å². The number of nitrogens with one attached hydrogen (secondary N) is 1. The first-order valence-corrected chi connectivity index (χ1v) is 10.0. The fourth-order valence-electron chi connectivity index (χ4n) is 2.81. The number of carbonyl (C=O) groups is 1. The Hall–Kier alpha value is -2.51. The summed E-state index contributed by atoms with van der Waals surface area (Å²) in [6.07, 6.45) is 2.76. The summed E-state index contributed by atoms with van der Waals surface area (Å²) in [6.45, 7) is 0. The molecule has 0 aliphatic heterocycles. The maximum absolute atomic E-state index is 14.0. The van der Waals surface area contributed by atoms with Gasteiger partial charge in [0.15, 0.2) is 4.96 Å². The molecule has 7 heteroatoms. The summed E-state index contributed by atoms with van der Waals surface area (Å²) in [7, 11) is 0. The maximum atomic E-state index is 14.0. The largest absolute Gasteiger partial charge is 0.326 e. The average molecular weight is 444 g/mol. The van der Waals surface area contributed by atoms with Crippen molar-refractivity contribution in [1.29, 1.82) is 0 Å². The molecule has 0 bridgehead atoms. The number of fused-ring (bicyclic) bond motifs is 1. The topological polar surface area (TPSA) is 46.4 Å². The Kier molecular flexibility index (Phi) is 5.05. The minimum Gasteiger partial charge on any atom is -0.326 e. The molecule has 4 aromatic rings. The van der Waals surface area contributed by atoms with Crippen molar-refractivity contribution >= 4 is 43.8 Å². The molecule has 0 aliphatic carbocycles. The van der Waals surface area contributed by atoms with Gasteiger partial charge in [0, 0.05) is 39.4 Å². The summed E-state index contributed by atoms with van der Waals surface area (Å²) in [6, 6.07) is 14.1. The standard InChI is InChI=1S/C20H15BrFN3OS/c21-13-5-7-14(8-6-13)23-19(26)10-9-15-12-27-20-24-18(11-25(15)20)16-3-1-2-4-17(16)22/h1-8,11-12H,9-10H2,(H,23,26). The molecular weight excluding hydrogens is 429 g/mol. The fraction of sp³-hybridized carbons (Fsp3) is 0.100. The minimum absolute atomic E-state index is 0.0499. The maximum Gasteiger partial charge on any atom is 0.224 e. The molecule has 0 radical (unpaired) electrons. The predicted molar refractivity (Wildman–Crippen MR) is 110 cm³/mol. The smallest absolute Gasteiger partial charge is 0.224 e. The number of nitrogens with zero attached hydrogens (tertiary/aromatic N) is 2. The van der Waals surface area contributed by atoms with Crippen molar-refractivity contribution in [3.8, 4) is 11.3 Å². The molecule has 2 aromatic heterocycles. The van der Waals surface area contributed by atoms with Gasteiger partial charge < -0.3 is 5.32 Å². The van der Waals surface area contributed by atoms with Crippen LogP contribution in [0, 0.1) is 5.82 Å². The Labute approximate surface area is 167 Å². The summed E-state index contributed by atoms with van der Waals surface area (Å²) in [5, 5.41) is 4.87. The van der Waals surface area contributed by atoms with Gasteiger partial charge in [-0.2, -0.15) is 0 Å². The van der Waals surface area contributed by atoms with E-state index in [1.165, 1.54) is 17.4 Å². The molecule has 0 atom stereocenters. The minimum atomic E-state index is -0.293. The van der Waals surface area contributed by atoms with Gasteiger partial charge in [-0.15, -0.1) is 11.3 Å². The number of aryl methyl sites for hydroxylation is 1. The number of thiazole rings is 1. The normalized spacial score (nSPS) is 11.0. The zero-order valence-electron chi connectivity index (χ0n) is 14.2. The Morgan fingerprint density at radius 3 is 2.74 bits per heavy atom. The van der Waals surface area contributed by atoms with Crippen molar-refractivity contribution < 1.29 is 9.18 Å². The third-order valence-corrected chi connectivity index (χ3v) is 5.59.